The molecule has 0 bridgehead atoms. The van der Waals surface area contributed by atoms with Crippen molar-refractivity contribution in [2.45, 2.75) is 30.4 Å². The number of methoxy groups -OCH3 is 3. The van der Waals surface area contributed by atoms with Crippen LogP contribution in [0.15, 0.2) is 112 Å². The van der Waals surface area contributed by atoms with E-state index in [1.54, 1.807) is 79.3 Å². The van der Waals surface area contributed by atoms with E-state index in [0.717, 1.165) is 0 Å². The summed E-state index contributed by atoms with van der Waals surface area (Å²) in [6, 6.07) is 28.1. The van der Waals surface area contributed by atoms with E-state index in [2.05, 4.69) is 16.0 Å². The van der Waals surface area contributed by atoms with Crippen LogP contribution in [0.2, 0.25) is 0 Å². The topological polar surface area (TPSA) is 142 Å². The Bertz CT molecular complexity index is 2170. The maximum absolute atomic E-state index is 13.8. The smallest absolute Gasteiger partial charge is 0.295 e. The number of aromatic nitrogens is 2. The van der Waals surface area contributed by atoms with Crippen LogP contribution in [0.5, 0.6) is 17.2 Å². The molecule has 0 aliphatic rings. The third-order valence-electron chi connectivity index (χ3n) is 8.36. The molecule has 0 radical (unpaired) electrons. The predicted molar refractivity (Wildman–Crippen MR) is 207 cm³/mol. The molecule has 1 aromatic heterocycles. The van der Waals surface area contributed by atoms with Crippen molar-refractivity contribution in [3.8, 4) is 22.9 Å². The highest BCUT2D eigenvalue weighted by atomic mass is 32.2. The summed E-state index contributed by atoms with van der Waals surface area (Å²) >= 11 is 1.30. The lowest BCUT2D eigenvalue weighted by Gasteiger charge is -2.16. The fourth-order valence-corrected chi connectivity index (χ4v) is 6.56. The van der Waals surface area contributed by atoms with Gasteiger partial charge in [0, 0.05) is 23.2 Å². The van der Waals surface area contributed by atoms with Gasteiger partial charge in [0.25, 0.3) is 17.4 Å². The molecule has 274 valence electrons. The Morgan fingerprint density at radius 1 is 0.830 bits per heavy atom. The Balaban J connectivity index is 1.37. The van der Waals surface area contributed by atoms with Crippen LogP contribution in [-0.2, 0) is 16.6 Å². The predicted octanol–water partition coefficient (Wildman–Crippen LogP) is 6.43. The third-order valence-corrected chi connectivity index (χ3v) is 9.72. The van der Waals surface area contributed by atoms with Gasteiger partial charge in [-0.15, -0.1) is 11.8 Å². The molecule has 1 unspecified atom stereocenters. The second-order valence-corrected chi connectivity index (χ2v) is 13.0. The quantitative estimate of drug-likeness (QED) is 0.0876. The normalized spacial score (nSPS) is 11.7. The van der Waals surface area contributed by atoms with Gasteiger partial charge in [0.1, 0.15) is 11.4 Å². The first-order valence-corrected chi connectivity index (χ1v) is 17.6. The van der Waals surface area contributed by atoms with Gasteiger partial charge >= 0.3 is 0 Å². The Labute approximate surface area is 311 Å². The molecule has 5 aromatic rings. The van der Waals surface area contributed by atoms with E-state index in [1.165, 1.54) is 43.8 Å². The van der Waals surface area contributed by atoms with Crippen LogP contribution >= 0.6 is 11.8 Å². The average Bonchev–Trinajstić information content (AvgIpc) is 3.39. The lowest BCUT2D eigenvalue weighted by molar-refractivity contribution is -0.116. The molecule has 0 fully saturated rings. The number of carbonyl (C=O) groups is 3. The van der Waals surface area contributed by atoms with Crippen LogP contribution < -0.4 is 35.7 Å². The Morgan fingerprint density at radius 2 is 1.47 bits per heavy atom. The van der Waals surface area contributed by atoms with Crippen molar-refractivity contribution in [1.29, 1.82) is 0 Å². The van der Waals surface area contributed by atoms with Crippen molar-refractivity contribution in [1.82, 2.24) is 14.7 Å². The third kappa shape index (κ3) is 8.82. The number of nitrogens with one attached hydrogen (secondary N) is 3. The number of benzene rings is 4. The van der Waals surface area contributed by atoms with Gasteiger partial charge in [-0.25, -0.2) is 4.68 Å². The number of carbonyl (C=O) groups excluding carboxylic acids is 3. The molecule has 53 heavy (non-hydrogen) atoms. The molecule has 0 aliphatic heterocycles. The molecule has 13 heteroatoms. The fraction of sp³-hybridized carbons (Fsp3) is 0.200. The average molecular weight is 736 g/mol. The number of rotatable bonds is 14. The molecule has 0 saturated heterocycles. The number of amides is 3. The van der Waals surface area contributed by atoms with Gasteiger partial charge in [-0.1, -0.05) is 49.4 Å². The second-order valence-electron chi connectivity index (χ2n) is 11.8. The zero-order valence-electron chi connectivity index (χ0n) is 30.3. The van der Waals surface area contributed by atoms with E-state index in [9.17, 15) is 19.2 Å². The largest absolute Gasteiger partial charge is 0.493 e. The summed E-state index contributed by atoms with van der Waals surface area (Å²) < 4.78 is 19.6. The van der Waals surface area contributed by atoms with E-state index >= 15 is 0 Å². The number of nitrogens with zero attached hydrogens (tertiary/aromatic N) is 2. The second kappa shape index (κ2) is 17.3. The molecule has 5 rings (SSSR count). The van der Waals surface area contributed by atoms with Gasteiger partial charge in [-0.2, -0.15) is 0 Å². The highest BCUT2D eigenvalue weighted by Crippen LogP contribution is 2.39. The van der Waals surface area contributed by atoms with Crippen molar-refractivity contribution in [2.24, 2.45) is 7.05 Å². The number of para-hydroxylation sites is 1. The fourth-order valence-electron chi connectivity index (χ4n) is 5.54. The monoisotopic (exact) mass is 735 g/mol. The van der Waals surface area contributed by atoms with Crippen LogP contribution in [0.3, 0.4) is 0 Å². The summed E-state index contributed by atoms with van der Waals surface area (Å²) in [6.45, 7) is 3.67. The van der Waals surface area contributed by atoms with E-state index < -0.39 is 17.1 Å². The van der Waals surface area contributed by atoms with Crippen molar-refractivity contribution in [3.05, 3.63) is 130 Å². The highest BCUT2D eigenvalue weighted by Gasteiger charge is 2.24. The van der Waals surface area contributed by atoms with Crippen LogP contribution in [0.4, 0.5) is 11.4 Å². The lowest BCUT2D eigenvalue weighted by atomic mass is 10.1. The van der Waals surface area contributed by atoms with Crippen molar-refractivity contribution >= 4 is 46.9 Å². The number of thioether (sulfide) groups is 1. The molecular formula is C40H41N5O7S. The van der Waals surface area contributed by atoms with E-state index in [0.29, 0.717) is 56.8 Å². The molecule has 0 spiro atoms. The first-order valence-electron chi connectivity index (χ1n) is 16.7. The zero-order chi connectivity index (χ0) is 38.1. The molecule has 12 nitrogen and oxygen atoms in total. The summed E-state index contributed by atoms with van der Waals surface area (Å²) in [5, 5.41) is 7.92. The Morgan fingerprint density at radius 3 is 2.08 bits per heavy atom. The van der Waals surface area contributed by atoms with E-state index in [1.807, 2.05) is 43.3 Å². The zero-order valence-corrected chi connectivity index (χ0v) is 31.1. The van der Waals surface area contributed by atoms with Gasteiger partial charge in [0.15, 0.2) is 11.5 Å². The van der Waals surface area contributed by atoms with Gasteiger partial charge in [-0.3, -0.25) is 23.9 Å². The van der Waals surface area contributed by atoms with Crippen molar-refractivity contribution in [3.63, 3.8) is 0 Å². The molecule has 0 aliphatic carbocycles. The Hall–Kier alpha value is -6.21. The van der Waals surface area contributed by atoms with Crippen LogP contribution in [0, 0.1) is 6.92 Å². The number of anilines is 2. The van der Waals surface area contributed by atoms with Crippen LogP contribution in [-0.4, -0.2) is 53.7 Å². The molecular weight excluding hydrogens is 695 g/mol. The van der Waals surface area contributed by atoms with Gasteiger partial charge in [-0.05, 0) is 79.6 Å². The van der Waals surface area contributed by atoms with Crippen molar-refractivity contribution in [2.75, 3.05) is 32.0 Å². The lowest BCUT2D eigenvalue weighted by Crippen LogP contribution is -2.30. The van der Waals surface area contributed by atoms with Crippen LogP contribution in [0.25, 0.3) is 11.8 Å². The maximum Gasteiger partial charge on any atom is 0.295 e. The molecule has 3 amide bonds. The minimum atomic E-state index is -0.593. The van der Waals surface area contributed by atoms with Gasteiger partial charge < -0.3 is 30.2 Å². The minimum absolute atomic E-state index is 0.0450. The molecule has 3 N–H and O–H groups in total. The molecule has 1 heterocycles. The number of hydrogen-bond donors (Lipinski definition) is 3. The summed E-state index contributed by atoms with van der Waals surface area (Å²) in [5.74, 6) is -0.277. The number of hydrogen-bond acceptors (Lipinski definition) is 8. The first kappa shape index (κ1) is 38.0. The standard InChI is InChI=1S/C40H41N5O7S/c1-7-34(39(48)43-35-25(2)44(3)45(40(35)49)29-18-12-9-13-19-29)53-30-20-14-17-28(24-30)41-38(47)31(42-37(46)27-15-10-8-11-16-27)21-26-22-32(50-4)36(52-6)33(23-26)51-5/h8-24,34H,7H2,1-6H3,(H,41,47)(H,42,46)(H,43,48)/b31-21+. The highest BCUT2D eigenvalue weighted by molar-refractivity contribution is 8.00. The number of ether oxygens (including phenoxy) is 3. The van der Waals surface area contributed by atoms with Gasteiger partial charge in [0.05, 0.1) is 38.0 Å². The summed E-state index contributed by atoms with van der Waals surface area (Å²) in [5.41, 5.74) is 2.44. The summed E-state index contributed by atoms with van der Waals surface area (Å²) in [6.07, 6.45) is 1.98. The van der Waals surface area contributed by atoms with Gasteiger partial charge in [0.2, 0.25) is 11.7 Å². The molecule has 1 atom stereocenters. The summed E-state index contributed by atoms with van der Waals surface area (Å²) in [7, 11) is 6.23. The molecule has 0 saturated carbocycles. The maximum atomic E-state index is 13.8. The SMILES string of the molecule is CCC(Sc1cccc(NC(=O)/C(=C\c2cc(OC)c(OC)c(OC)c2)NC(=O)c2ccccc2)c1)C(=O)Nc1c(C)n(C)n(-c2ccccc2)c1=O. The first-order chi connectivity index (χ1) is 25.6. The minimum Gasteiger partial charge on any atom is -0.493 e. The van der Waals surface area contributed by atoms with E-state index in [4.69, 9.17) is 14.2 Å². The van der Waals surface area contributed by atoms with Crippen molar-refractivity contribution < 1.29 is 28.6 Å². The van der Waals surface area contributed by atoms with Crippen LogP contribution in [0.1, 0.15) is 35.0 Å². The summed E-state index contributed by atoms with van der Waals surface area (Å²) in [4.78, 5) is 54.7. The Kier molecular flexibility index (Phi) is 12.4. The van der Waals surface area contributed by atoms with E-state index in [-0.39, 0.29) is 22.9 Å². The molecule has 4 aromatic carbocycles.